The summed E-state index contributed by atoms with van der Waals surface area (Å²) in [5.74, 6) is 1.32. The first-order valence-corrected chi connectivity index (χ1v) is 6.91. The lowest BCUT2D eigenvalue weighted by atomic mass is 10.2. The molecule has 2 N–H and O–H groups in total. The molecule has 1 aromatic heterocycles. The lowest BCUT2D eigenvalue weighted by Gasteiger charge is -2.02. The van der Waals surface area contributed by atoms with Crippen LogP contribution in [0.15, 0.2) is 45.9 Å². The molecule has 2 aromatic rings. The standard InChI is InChI=1S/C14H14ClN3OS/c1-2-16-14(20)18-17-9-10-7-8-13(19-10)11-5-3-4-6-12(11)15/h3-9H,2H2,1H3,(H2,16,18,20). The molecule has 0 bridgehead atoms. The second kappa shape index (κ2) is 7.07. The van der Waals surface area contributed by atoms with E-state index >= 15 is 0 Å². The van der Waals surface area contributed by atoms with Gasteiger partial charge in [0.15, 0.2) is 5.11 Å². The van der Waals surface area contributed by atoms with E-state index in [9.17, 15) is 0 Å². The maximum absolute atomic E-state index is 6.12. The van der Waals surface area contributed by atoms with Crippen molar-refractivity contribution in [2.45, 2.75) is 6.92 Å². The minimum Gasteiger partial charge on any atom is -0.455 e. The summed E-state index contributed by atoms with van der Waals surface area (Å²) < 4.78 is 5.65. The van der Waals surface area contributed by atoms with Crippen molar-refractivity contribution >= 4 is 35.1 Å². The molecule has 4 nitrogen and oxygen atoms in total. The molecule has 0 amide bonds. The van der Waals surface area contributed by atoms with Crippen LogP contribution < -0.4 is 10.7 Å². The van der Waals surface area contributed by atoms with Crippen molar-refractivity contribution < 1.29 is 4.42 Å². The van der Waals surface area contributed by atoms with Gasteiger partial charge in [-0.05, 0) is 43.4 Å². The second-order valence-electron chi connectivity index (χ2n) is 3.91. The van der Waals surface area contributed by atoms with Crippen LogP contribution in [0.4, 0.5) is 0 Å². The van der Waals surface area contributed by atoms with Crippen molar-refractivity contribution in [1.82, 2.24) is 10.7 Å². The van der Waals surface area contributed by atoms with Crippen LogP contribution in [-0.2, 0) is 0 Å². The summed E-state index contributed by atoms with van der Waals surface area (Å²) in [5.41, 5.74) is 3.55. The first kappa shape index (κ1) is 14.6. The van der Waals surface area contributed by atoms with E-state index in [0.717, 1.165) is 12.1 Å². The number of hydrogen-bond donors (Lipinski definition) is 2. The first-order chi connectivity index (χ1) is 9.70. The minimum atomic E-state index is 0.474. The Labute approximate surface area is 127 Å². The number of furan rings is 1. The summed E-state index contributed by atoms with van der Waals surface area (Å²) >= 11 is 11.1. The number of thiocarbonyl (C=S) groups is 1. The van der Waals surface area contributed by atoms with Gasteiger partial charge in [-0.2, -0.15) is 5.10 Å². The highest BCUT2D eigenvalue weighted by atomic mass is 35.5. The van der Waals surface area contributed by atoms with Crippen LogP contribution in [-0.4, -0.2) is 17.9 Å². The molecule has 1 heterocycles. The maximum Gasteiger partial charge on any atom is 0.186 e. The predicted molar refractivity (Wildman–Crippen MR) is 86.2 cm³/mol. The SMILES string of the molecule is CCNC(=S)NN=Cc1ccc(-c2ccccc2Cl)o1. The summed E-state index contributed by atoms with van der Waals surface area (Å²) in [7, 11) is 0. The van der Waals surface area contributed by atoms with Crippen molar-refractivity contribution in [3.8, 4) is 11.3 Å². The molecular formula is C14H14ClN3OS. The van der Waals surface area contributed by atoms with E-state index in [1.165, 1.54) is 0 Å². The van der Waals surface area contributed by atoms with Crippen LogP contribution in [0.25, 0.3) is 11.3 Å². The minimum absolute atomic E-state index is 0.474. The van der Waals surface area contributed by atoms with Gasteiger partial charge in [0.05, 0.1) is 11.2 Å². The van der Waals surface area contributed by atoms with E-state index in [1.54, 1.807) is 6.21 Å². The molecule has 0 saturated carbocycles. The number of hydrogen-bond acceptors (Lipinski definition) is 3. The summed E-state index contributed by atoms with van der Waals surface area (Å²) in [6, 6.07) is 11.2. The third kappa shape index (κ3) is 3.82. The third-order valence-corrected chi connectivity index (χ3v) is 3.03. The molecule has 0 radical (unpaired) electrons. The van der Waals surface area contributed by atoms with Gasteiger partial charge in [0.25, 0.3) is 0 Å². The summed E-state index contributed by atoms with van der Waals surface area (Å²) in [5, 5.41) is 8.04. The van der Waals surface area contributed by atoms with E-state index in [-0.39, 0.29) is 0 Å². The molecule has 0 atom stereocenters. The summed E-state index contributed by atoms with van der Waals surface area (Å²) in [6.07, 6.45) is 1.56. The van der Waals surface area contributed by atoms with Crippen LogP contribution in [0.2, 0.25) is 5.02 Å². The Morgan fingerprint density at radius 3 is 2.90 bits per heavy atom. The molecule has 0 unspecified atom stereocenters. The van der Waals surface area contributed by atoms with Gasteiger partial charge in [0.1, 0.15) is 11.5 Å². The topological polar surface area (TPSA) is 49.6 Å². The molecule has 0 aliphatic heterocycles. The maximum atomic E-state index is 6.12. The van der Waals surface area contributed by atoms with Gasteiger partial charge in [-0.3, -0.25) is 5.43 Å². The van der Waals surface area contributed by atoms with Gasteiger partial charge >= 0.3 is 0 Å². The number of hydrazone groups is 1. The third-order valence-electron chi connectivity index (χ3n) is 2.46. The quantitative estimate of drug-likeness (QED) is 0.516. The van der Waals surface area contributed by atoms with Crippen LogP contribution in [0, 0.1) is 0 Å². The van der Waals surface area contributed by atoms with E-state index in [1.807, 2.05) is 43.3 Å². The fourth-order valence-corrected chi connectivity index (χ4v) is 2.01. The Bertz CT molecular complexity index is 624. The molecule has 20 heavy (non-hydrogen) atoms. The van der Waals surface area contributed by atoms with Gasteiger partial charge in [-0.25, -0.2) is 0 Å². The van der Waals surface area contributed by atoms with Crippen LogP contribution in [0.1, 0.15) is 12.7 Å². The Kier molecular flexibility index (Phi) is 5.15. The molecule has 0 aliphatic carbocycles. The normalized spacial score (nSPS) is 10.7. The molecule has 0 saturated heterocycles. The number of rotatable bonds is 4. The van der Waals surface area contributed by atoms with Crippen LogP contribution in [0.5, 0.6) is 0 Å². The lowest BCUT2D eigenvalue weighted by molar-refractivity contribution is 0.574. The predicted octanol–water partition coefficient (Wildman–Crippen LogP) is 3.42. The Balaban J connectivity index is 2.05. The van der Waals surface area contributed by atoms with Gasteiger partial charge < -0.3 is 9.73 Å². The zero-order valence-electron chi connectivity index (χ0n) is 10.9. The summed E-state index contributed by atoms with van der Waals surface area (Å²) in [4.78, 5) is 0. The zero-order valence-corrected chi connectivity index (χ0v) is 12.5. The molecule has 1 aromatic carbocycles. The molecule has 6 heteroatoms. The van der Waals surface area contributed by atoms with Gasteiger partial charge in [-0.15, -0.1) is 0 Å². The highest BCUT2D eigenvalue weighted by Crippen LogP contribution is 2.28. The average molecular weight is 308 g/mol. The van der Waals surface area contributed by atoms with E-state index in [2.05, 4.69) is 15.8 Å². The number of nitrogens with zero attached hydrogens (tertiary/aromatic N) is 1. The smallest absolute Gasteiger partial charge is 0.186 e. The lowest BCUT2D eigenvalue weighted by Crippen LogP contribution is -2.31. The van der Waals surface area contributed by atoms with E-state index < -0.39 is 0 Å². The van der Waals surface area contributed by atoms with Gasteiger partial charge in [0.2, 0.25) is 0 Å². The summed E-state index contributed by atoms with van der Waals surface area (Å²) in [6.45, 7) is 2.71. The largest absolute Gasteiger partial charge is 0.455 e. The highest BCUT2D eigenvalue weighted by Gasteiger charge is 2.06. The Morgan fingerprint density at radius 2 is 2.15 bits per heavy atom. The first-order valence-electron chi connectivity index (χ1n) is 6.12. The van der Waals surface area contributed by atoms with Crippen molar-refractivity contribution in [1.29, 1.82) is 0 Å². The molecular weight excluding hydrogens is 294 g/mol. The second-order valence-corrected chi connectivity index (χ2v) is 4.73. The molecule has 0 spiro atoms. The number of halogens is 1. The van der Waals surface area contributed by atoms with Crippen molar-refractivity contribution in [2.24, 2.45) is 5.10 Å². The number of nitrogens with one attached hydrogen (secondary N) is 2. The fourth-order valence-electron chi connectivity index (χ4n) is 1.58. The monoisotopic (exact) mass is 307 g/mol. The van der Waals surface area contributed by atoms with Crippen molar-refractivity contribution in [3.05, 3.63) is 47.2 Å². The Morgan fingerprint density at radius 1 is 1.35 bits per heavy atom. The molecule has 0 aliphatic rings. The van der Waals surface area contributed by atoms with Crippen LogP contribution in [0.3, 0.4) is 0 Å². The van der Waals surface area contributed by atoms with Crippen molar-refractivity contribution in [2.75, 3.05) is 6.54 Å². The van der Waals surface area contributed by atoms with E-state index in [4.69, 9.17) is 28.2 Å². The number of benzene rings is 1. The zero-order chi connectivity index (χ0) is 14.4. The Hall–Kier alpha value is -1.85. The van der Waals surface area contributed by atoms with Crippen molar-refractivity contribution in [3.63, 3.8) is 0 Å². The highest BCUT2D eigenvalue weighted by molar-refractivity contribution is 7.80. The average Bonchev–Trinajstić information content (AvgIpc) is 2.88. The molecule has 0 fully saturated rings. The van der Waals surface area contributed by atoms with Crippen LogP contribution >= 0.6 is 23.8 Å². The fraction of sp³-hybridized carbons (Fsp3) is 0.143. The van der Waals surface area contributed by atoms with Gasteiger partial charge in [-0.1, -0.05) is 23.7 Å². The van der Waals surface area contributed by atoms with Gasteiger partial charge in [0, 0.05) is 12.1 Å². The van der Waals surface area contributed by atoms with E-state index in [0.29, 0.717) is 21.7 Å². The molecule has 104 valence electrons. The molecule has 2 rings (SSSR count).